The Morgan fingerprint density at radius 2 is 2.16 bits per heavy atom. The van der Waals surface area contributed by atoms with Crippen LogP contribution in [0, 0.1) is 0 Å². The molecule has 0 saturated carbocycles. The number of halogens is 4. The molecule has 1 unspecified atom stereocenters. The van der Waals surface area contributed by atoms with Crippen LogP contribution in [0.25, 0.3) is 0 Å². The number of benzene rings is 1. The van der Waals surface area contributed by atoms with Crippen molar-refractivity contribution in [1.29, 1.82) is 0 Å². The summed E-state index contributed by atoms with van der Waals surface area (Å²) in [5, 5.41) is 3.24. The Morgan fingerprint density at radius 3 is 2.89 bits per heavy atom. The third-order valence-electron chi connectivity index (χ3n) is 3.09. The minimum Gasteiger partial charge on any atom is -0.371 e. The van der Waals surface area contributed by atoms with Crippen LogP contribution in [-0.4, -0.2) is 25.9 Å². The summed E-state index contributed by atoms with van der Waals surface area (Å²) in [6, 6.07) is 6.36. The van der Waals surface area contributed by atoms with E-state index in [0.717, 1.165) is 17.3 Å². The second kappa shape index (κ2) is 6.24. The number of nitrogens with one attached hydrogen (secondary N) is 1. The van der Waals surface area contributed by atoms with Crippen molar-refractivity contribution in [1.82, 2.24) is 5.32 Å². The third kappa shape index (κ3) is 4.47. The zero-order valence-electron chi connectivity index (χ0n) is 10.3. The Balaban J connectivity index is 1.74. The van der Waals surface area contributed by atoms with Crippen LogP contribution in [0.5, 0.6) is 0 Å². The Morgan fingerprint density at radius 1 is 1.37 bits per heavy atom. The van der Waals surface area contributed by atoms with Crippen molar-refractivity contribution in [3.8, 4) is 0 Å². The number of ether oxygens (including phenoxy) is 1. The molecule has 1 aromatic carbocycles. The van der Waals surface area contributed by atoms with E-state index in [1.54, 1.807) is 0 Å². The molecule has 2 nitrogen and oxygen atoms in total. The van der Waals surface area contributed by atoms with Gasteiger partial charge in [-0.3, -0.25) is 0 Å². The Hall–Kier alpha value is -0.590. The minimum atomic E-state index is -4.24. The molecule has 0 aliphatic heterocycles. The first kappa shape index (κ1) is 14.8. The summed E-state index contributed by atoms with van der Waals surface area (Å²) >= 11 is 3.43. The van der Waals surface area contributed by atoms with Gasteiger partial charge < -0.3 is 10.1 Å². The van der Waals surface area contributed by atoms with Crippen molar-refractivity contribution >= 4 is 15.9 Å². The van der Waals surface area contributed by atoms with Crippen molar-refractivity contribution in [2.24, 2.45) is 0 Å². The Bertz CT molecular complexity index is 436. The van der Waals surface area contributed by atoms with Gasteiger partial charge in [-0.05, 0) is 36.1 Å². The molecular weight excluding hydrogens is 323 g/mol. The van der Waals surface area contributed by atoms with E-state index < -0.39 is 12.8 Å². The number of fused-ring (bicyclic) bond motifs is 1. The number of aryl methyl sites for hydroxylation is 1. The van der Waals surface area contributed by atoms with Crippen LogP contribution in [0.1, 0.15) is 23.6 Å². The number of hydrogen-bond donors (Lipinski definition) is 1. The molecule has 0 radical (unpaired) electrons. The summed E-state index contributed by atoms with van der Waals surface area (Å²) < 4.78 is 41.2. The average molecular weight is 338 g/mol. The fourth-order valence-corrected chi connectivity index (χ4v) is 2.70. The highest BCUT2D eigenvalue weighted by Gasteiger charge is 2.27. The maximum absolute atomic E-state index is 11.9. The summed E-state index contributed by atoms with van der Waals surface area (Å²) in [5.74, 6) is 0. The maximum atomic E-state index is 11.9. The van der Waals surface area contributed by atoms with Gasteiger partial charge in [0.1, 0.15) is 6.61 Å². The first-order valence-corrected chi connectivity index (χ1v) is 6.91. The smallest absolute Gasteiger partial charge is 0.371 e. The van der Waals surface area contributed by atoms with Crippen molar-refractivity contribution in [2.45, 2.75) is 25.1 Å². The van der Waals surface area contributed by atoms with Crippen LogP contribution in [0.3, 0.4) is 0 Å². The lowest BCUT2D eigenvalue weighted by Crippen LogP contribution is -2.26. The molecule has 1 atom stereocenters. The molecule has 0 spiro atoms. The fourth-order valence-electron chi connectivity index (χ4n) is 2.29. The highest BCUT2D eigenvalue weighted by atomic mass is 79.9. The molecule has 0 saturated heterocycles. The van der Waals surface area contributed by atoms with Crippen molar-refractivity contribution < 1.29 is 17.9 Å². The van der Waals surface area contributed by atoms with Gasteiger partial charge in [-0.1, -0.05) is 22.0 Å². The van der Waals surface area contributed by atoms with E-state index in [2.05, 4.69) is 38.1 Å². The highest BCUT2D eigenvalue weighted by molar-refractivity contribution is 9.10. The average Bonchev–Trinajstić information content (AvgIpc) is 2.69. The van der Waals surface area contributed by atoms with Gasteiger partial charge in [-0.25, -0.2) is 0 Å². The van der Waals surface area contributed by atoms with Gasteiger partial charge in [-0.15, -0.1) is 0 Å². The van der Waals surface area contributed by atoms with Crippen LogP contribution in [0.4, 0.5) is 13.2 Å². The molecule has 106 valence electrons. The molecule has 2 rings (SSSR count). The quantitative estimate of drug-likeness (QED) is 0.829. The van der Waals surface area contributed by atoms with Gasteiger partial charge in [0.15, 0.2) is 0 Å². The monoisotopic (exact) mass is 337 g/mol. The summed E-state index contributed by atoms with van der Waals surface area (Å²) in [5.41, 5.74) is 2.53. The third-order valence-corrected chi connectivity index (χ3v) is 3.58. The molecule has 6 heteroatoms. The Labute approximate surface area is 118 Å². The van der Waals surface area contributed by atoms with Crippen molar-refractivity contribution in [3.05, 3.63) is 33.8 Å². The molecule has 0 fully saturated rings. The van der Waals surface area contributed by atoms with Crippen LogP contribution >= 0.6 is 15.9 Å². The van der Waals surface area contributed by atoms with Gasteiger partial charge in [0.2, 0.25) is 0 Å². The lowest BCUT2D eigenvalue weighted by molar-refractivity contribution is -0.173. The zero-order chi connectivity index (χ0) is 13.9. The van der Waals surface area contributed by atoms with E-state index in [1.807, 2.05) is 6.07 Å². The molecule has 0 aromatic heterocycles. The summed E-state index contributed by atoms with van der Waals surface area (Å²) in [4.78, 5) is 0. The maximum Gasteiger partial charge on any atom is 0.411 e. The molecule has 0 heterocycles. The molecule has 1 aliphatic carbocycles. The van der Waals surface area contributed by atoms with E-state index in [9.17, 15) is 13.2 Å². The van der Waals surface area contributed by atoms with Gasteiger partial charge in [0, 0.05) is 17.1 Å². The minimum absolute atomic E-state index is 0.0713. The van der Waals surface area contributed by atoms with Crippen molar-refractivity contribution in [3.63, 3.8) is 0 Å². The predicted molar refractivity (Wildman–Crippen MR) is 70.1 cm³/mol. The topological polar surface area (TPSA) is 21.3 Å². The summed E-state index contributed by atoms with van der Waals surface area (Å²) in [6.07, 6.45) is -2.27. The second-order valence-corrected chi connectivity index (χ2v) is 5.47. The van der Waals surface area contributed by atoms with Crippen LogP contribution in [-0.2, 0) is 11.2 Å². The van der Waals surface area contributed by atoms with Crippen LogP contribution in [0.15, 0.2) is 22.7 Å². The van der Waals surface area contributed by atoms with Gasteiger partial charge in [0.05, 0.1) is 6.61 Å². The van der Waals surface area contributed by atoms with Gasteiger partial charge in [-0.2, -0.15) is 13.2 Å². The SMILES string of the molecule is FC(F)(F)COCCNC1CCc2cc(Br)ccc21. The van der Waals surface area contributed by atoms with E-state index >= 15 is 0 Å². The summed E-state index contributed by atoms with van der Waals surface area (Å²) in [7, 11) is 0. The molecule has 0 bridgehead atoms. The Kier molecular flexibility index (Phi) is 4.86. The largest absolute Gasteiger partial charge is 0.411 e. The number of hydrogen-bond acceptors (Lipinski definition) is 2. The van der Waals surface area contributed by atoms with Crippen molar-refractivity contribution in [2.75, 3.05) is 19.8 Å². The second-order valence-electron chi connectivity index (χ2n) is 4.56. The molecular formula is C13H15BrF3NO. The first-order chi connectivity index (χ1) is 8.96. The fraction of sp³-hybridized carbons (Fsp3) is 0.538. The molecule has 1 N–H and O–H groups in total. The molecule has 1 aromatic rings. The van der Waals surface area contributed by atoms with Crippen LogP contribution in [0.2, 0.25) is 0 Å². The van der Waals surface area contributed by atoms with E-state index in [4.69, 9.17) is 0 Å². The van der Waals surface area contributed by atoms with E-state index in [1.165, 1.54) is 11.1 Å². The lowest BCUT2D eigenvalue weighted by atomic mass is 10.1. The molecule has 0 amide bonds. The lowest BCUT2D eigenvalue weighted by Gasteiger charge is -2.14. The standard InChI is InChI=1S/C13H15BrF3NO/c14-10-2-3-11-9(7-10)1-4-12(11)18-5-6-19-8-13(15,16)17/h2-3,7,12,18H,1,4-6,8H2. The van der Waals surface area contributed by atoms with Crippen LogP contribution < -0.4 is 5.32 Å². The molecule has 1 aliphatic rings. The predicted octanol–water partition coefficient (Wildman–Crippen LogP) is 3.60. The molecule has 19 heavy (non-hydrogen) atoms. The first-order valence-electron chi connectivity index (χ1n) is 6.12. The number of rotatable bonds is 5. The highest BCUT2D eigenvalue weighted by Crippen LogP contribution is 2.32. The van der Waals surface area contributed by atoms with Gasteiger partial charge in [0.25, 0.3) is 0 Å². The van der Waals surface area contributed by atoms with E-state index in [-0.39, 0.29) is 12.6 Å². The van der Waals surface area contributed by atoms with Gasteiger partial charge >= 0.3 is 6.18 Å². The normalized spacial score (nSPS) is 18.6. The zero-order valence-corrected chi connectivity index (χ0v) is 11.9. The summed E-state index contributed by atoms with van der Waals surface area (Å²) in [6.45, 7) is -0.680. The van der Waals surface area contributed by atoms with E-state index in [0.29, 0.717) is 6.54 Å². The number of alkyl halides is 3.